The Morgan fingerprint density at radius 3 is 1.56 bits per heavy atom. The minimum atomic E-state index is 0.362. The van der Waals surface area contributed by atoms with Gasteiger partial charge in [0.2, 0.25) is 0 Å². The fourth-order valence-corrected chi connectivity index (χ4v) is 3.45. The van der Waals surface area contributed by atoms with Crippen LogP contribution in [0.4, 0.5) is 0 Å². The summed E-state index contributed by atoms with van der Waals surface area (Å²) in [5.74, 6) is 2.16. The molecule has 2 heterocycles. The van der Waals surface area contributed by atoms with E-state index in [4.69, 9.17) is 0 Å². The normalized spacial score (nSPS) is 27.8. The van der Waals surface area contributed by atoms with Gasteiger partial charge in [0.15, 0.2) is 0 Å². The van der Waals surface area contributed by atoms with Crippen LogP contribution in [0.15, 0.2) is 34.3 Å². The third-order valence-corrected chi connectivity index (χ3v) is 4.40. The fraction of sp³-hybridized carbons (Fsp3) is 0.333. The van der Waals surface area contributed by atoms with Gasteiger partial charge in [0.25, 0.3) is 0 Å². The maximum absolute atomic E-state index is 4.44. The Kier molecular flexibility index (Phi) is 3.02. The van der Waals surface area contributed by atoms with Gasteiger partial charge in [-0.3, -0.25) is 9.98 Å². The lowest BCUT2D eigenvalue weighted by atomic mass is 10.0. The van der Waals surface area contributed by atoms with Gasteiger partial charge >= 0.3 is 0 Å². The van der Waals surface area contributed by atoms with Crippen molar-refractivity contribution in [1.29, 1.82) is 0 Å². The predicted octanol–water partition coefficient (Wildman–Crippen LogP) is 3.32. The van der Waals surface area contributed by atoms with Crippen molar-refractivity contribution in [1.82, 2.24) is 0 Å². The average molecular weight is 248 g/mol. The first-order chi connectivity index (χ1) is 7.93. The molecule has 0 radical (unpaired) electrons. The van der Waals surface area contributed by atoms with Gasteiger partial charge in [-0.15, -0.1) is 23.5 Å². The number of hydrogen-bond acceptors (Lipinski definition) is 4. The summed E-state index contributed by atoms with van der Waals surface area (Å²) in [5.41, 5.74) is 6.55. The summed E-state index contributed by atoms with van der Waals surface area (Å²) in [7, 11) is 0. The number of rotatable bonds is 2. The lowest BCUT2D eigenvalue weighted by molar-refractivity contribution is 0.831. The van der Waals surface area contributed by atoms with Gasteiger partial charge in [-0.05, 0) is 11.1 Å². The highest BCUT2D eigenvalue weighted by molar-refractivity contribution is 8.12. The van der Waals surface area contributed by atoms with Crippen molar-refractivity contribution >= 4 is 34.6 Å². The Morgan fingerprint density at radius 2 is 1.25 bits per heavy atom. The molecule has 0 N–H and O–H groups in total. The van der Waals surface area contributed by atoms with Crippen LogP contribution < -0.4 is 0 Å². The third-order valence-electron chi connectivity index (χ3n) is 2.84. The molecule has 0 saturated heterocycles. The van der Waals surface area contributed by atoms with Crippen molar-refractivity contribution in [2.75, 3.05) is 11.5 Å². The number of benzene rings is 1. The molecule has 0 saturated carbocycles. The summed E-state index contributed by atoms with van der Waals surface area (Å²) in [6, 6.07) is 9.51. The molecule has 82 valence electrons. The van der Waals surface area contributed by atoms with E-state index in [1.807, 2.05) is 11.1 Å². The van der Waals surface area contributed by atoms with E-state index in [9.17, 15) is 0 Å². The zero-order valence-electron chi connectivity index (χ0n) is 8.74. The number of hydrogen-bond donors (Lipinski definition) is 0. The van der Waals surface area contributed by atoms with Gasteiger partial charge in [-0.25, -0.2) is 0 Å². The molecule has 0 aromatic heterocycles. The molecule has 2 aliphatic heterocycles. The second kappa shape index (κ2) is 4.63. The SMILES string of the molecule is C1=NC(c2ccc(C3CSC=N3)cc2)CS1. The molecular formula is C12H12N2S2. The molecule has 4 heteroatoms. The molecule has 3 rings (SSSR count). The molecule has 0 fully saturated rings. The summed E-state index contributed by atoms with van der Waals surface area (Å²) < 4.78 is 0. The highest BCUT2D eigenvalue weighted by atomic mass is 32.2. The zero-order valence-corrected chi connectivity index (χ0v) is 10.4. The maximum Gasteiger partial charge on any atom is 0.0849 e. The van der Waals surface area contributed by atoms with Crippen LogP contribution in [0.1, 0.15) is 23.2 Å². The van der Waals surface area contributed by atoms with E-state index < -0.39 is 0 Å². The Labute approximate surface area is 104 Å². The Morgan fingerprint density at radius 1 is 0.812 bits per heavy atom. The number of thioether (sulfide) groups is 2. The van der Waals surface area contributed by atoms with Crippen LogP contribution in [-0.2, 0) is 0 Å². The number of nitrogens with zero attached hydrogens (tertiary/aromatic N) is 2. The lowest BCUT2D eigenvalue weighted by Crippen LogP contribution is -1.97. The molecule has 1 aromatic rings. The van der Waals surface area contributed by atoms with Gasteiger partial charge in [0, 0.05) is 11.5 Å². The van der Waals surface area contributed by atoms with Gasteiger partial charge in [0.05, 0.1) is 23.2 Å². The standard InChI is InChI=1S/C12H12N2S2/c1-2-10(12-6-16-8-14-12)4-3-9(1)11-5-15-7-13-11/h1-4,7-8,11-12H,5-6H2. The monoisotopic (exact) mass is 248 g/mol. The van der Waals surface area contributed by atoms with E-state index in [0.717, 1.165) is 11.5 Å². The van der Waals surface area contributed by atoms with Gasteiger partial charge in [0.1, 0.15) is 0 Å². The molecule has 16 heavy (non-hydrogen) atoms. The van der Waals surface area contributed by atoms with E-state index in [1.165, 1.54) is 11.1 Å². The van der Waals surface area contributed by atoms with E-state index in [-0.39, 0.29) is 0 Å². The van der Waals surface area contributed by atoms with Crippen LogP contribution in [0, 0.1) is 0 Å². The van der Waals surface area contributed by atoms with Crippen LogP contribution in [0.2, 0.25) is 0 Å². The van der Waals surface area contributed by atoms with Crippen molar-refractivity contribution in [3.8, 4) is 0 Å². The van der Waals surface area contributed by atoms with E-state index in [2.05, 4.69) is 34.3 Å². The van der Waals surface area contributed by atoms with Crippen molar-refractivity contribution in [2.45, 2.75) is 12.1 Å². The molecule has 2 aliphatic rings. The van der Waals surface area contributed by atoms with E-state index in [0.29, 0.717) is 12.1 Å². The van der Waals surface area contributed by atoms with Crippen molar-refractivity contribution in [2.24, 2.45) is 9.98 Å². The molecule has 0 spiro atoms. The molecule has 2 unspecified atom stereocenters. The van der Waals surface area contributed by atoms with Gasteiger partial charge in [-0.1, -0.05) is 24.3 Å². The summed E-state index contributed by atoms with van der Waals surface area (Å²) in [5, 5.41) is 0. The topological polar surface area (TPSA) is 24.7 Å². The highest BCUT2D eigenvalue weighted by Gasteiger charge is 2.16. The minimum Gasteiger partial charge on any atom is -0.277 e. The molecule has 2 nitrogen and oxygen atoms in total. The average Bonchev–Trinajstić information content (AvgIpc) is 3.03. The van der Waals surface area contributed by atoms with Crippen molar-refractivity contribution < 1.29 is 0 Å². The highest BCUT2D eigenvalue weighted by Crippen LogP contribution is 2.30. The quantitative estimate of drug-likeness (QED) is 0.802. The minimum absolute atomic E-state index is 0.362. The molecule has 2 atom stereocenters. The Balaban J connectivity index is 1.79. The fourth-order valence-electron chi connectivity index (χ4n) is 1.89. The summed E-state index contributed by atoms with van der Waals surface area (Å²) in [6.07, 6.45) is 0. The van der Waals surface area contributed by atoms with Crippen molar-refractivity contribution in [3.63, 3.8) is 0 Å². The maximum atomic E-state index is 4.44. The molecular weight excluding hydrogens is 236 g/mol. The van der Waals surface area contributed by atoms with Crippen LogP contribution in [-0.4, -0.2) is 22.6 Å². The first kappa shape index (κ1) is 10.4. The summed E-state index contributed by atoms with van der Waals surface area (Å²) in [4.78, 5) is 8.87. The first-order valence-electron chi connectivity index (χ1n) is 5.30. The first-order valence-corrected chi connectivity index (χ1v) is 7.39. The molecule has 1 aromatic carbocycles. The van der Waals surface area contributed by atoms with Crippen LogP contribution >= 0.6 is 23.5 Å². The van der Waals surface area contributed by atoms with Crippen molar-refractivity contribution in [3.05, 3.63) is 35.4 Å². The van der Waals surface area contributed by atoms with Crippen LogP contribution in [0.25, 0.3) is 0 Å². The van der Waals surface area contributed by atoms with Crippen LogP contribution in [0.5, 0.6) is 0 Å². The molecule has 0 bridgehead atoms. The largest absolute Gasteiger partial charge is 0.277 e. The molecule has 0 amide bonds. The zero-order chi connectivity index (χ0) is 10.8. The van der Waals surface area contributed by atoms with Crippen LogP contribution in [0.3, 0.4) is 0 Å². The summed E-state index contributed by atoms with van der Waals surface area (Å²) in [6.45, 7) is 0. The van der Waals surface area contributed by atoms with Gasteiger partial charge < -0.3 is 0 Å². The predicted molar refractivity (Wildman–Crippen MR) is 73.8 cm³/mol. The smallest absolute Gasteiger partial charge is 0.0849 e. The Hall–Kier alpha value is -0.740. The van der Waals surface area contributed by atoms with Gasteiger partial charge in [-0.2, -0.15) is 0 Å². The second-order valence-corrected chi connectivity index (χ2v) is 5.63. The Bertz CT molecular complexity index is 384. The second-order valence-electron chi connectivity index (χ2n) is 3.87. The third kappa shape index (κ3) is 2.04. The summed E-state index contributed by atoms with van der Waals surface area (Å²) >= 11 is 3.58. The van der Waals surface area contributed by atoms with E-state index in [1.54, 1.807) is 23.5 Å². The lowest BCUT2D eigenvalue weighted by Gasteiger charge is -2.10. The van der Waals surface area contributed by atoms with E-state index >= 15 is 0 Å². The molecule has 0 aliphatic carbocycles. The number of aliphatic imine (C=N–C) groups is 2.